The van der Waals surface area contributed by atoms with Crippen molar-refractivity contribution in [2.45, 2.75) is 19.4 Å². The lowest BCUT2D eigenvalue weighted by Crippen LogP contribution is -2.32. The summed E-state index contributed by atoms with van der Waals surface area (Å²) < 4.78 is 7.79. The van der Waals surface area contributed by atoms with Crippen LogP contribution < -0.4 is 10.1 Å². The summed E-state index contributed by atoms with van der Waals surface area (Å²) in [7, 11) is 0. The van der Waals surface area contributed by atoms with E-state index in [1.54, 1.807) is 0 Å². The van der Waals surface area contributed by atoms with E-state index in [0.29, 0.717) is 12.2 Å². The number of nitrogens with one attached hydrogen (secondary N) is 1. The zero-order chi connectivity index (χ0) is 19.1. The van der Waals surface area contributed by atoms with E-state index in [0.717, 1.165) is 33.8 Å². The van der Waals surface area contributed by atoms with Gasteiger partial charge in [0.2, 0.25) is 0 Å². The number of rotatable bonds is 3. The summed E-state index contributed by atoms with van der Waals surface area (Å²) in [6, 6.07) is 21.6. The fraction of sp³-hybridized carbons (Fsp3) is 0.130. The van der Waals surface area contributed by atoms with E-state index >= 15 is 0 Å². The molecule has 0 saturated heterocycles. The molecule has 0 spiro atoms. The van der Waals surface area contributed by atoms with Gasteiger partial charge in [-0.1, -0.05) is 54.6 Å². The third-order valence-electron chi connectivity index (χ3n) is 4.99. The van der Waals surface area contributed by atoms with Gasteiger partial charge in [-0.15, -0.1) is 0 Å². The van der Waals surface area contributed by atoms with Gasteiger partial charge in [0.05, 0.1) is 0 Å². The second-order valence-electron chi connectivity index (χ2n) is 7.02. The molecule has 0 fully saturated rings. The summed E-state index contributed by atoms with van der Waals surface area (Å²) in [5.41, 5.74) is 4.63. The number of hydrogen-bond acceptors (Lipinski definition) is 3. The van der Waals surface area contributed by atoms with E-state index in [4.69, 9.17) is 9.72 Å². The summed E-state index contributed by atoms with van der Waals surface area (Å²) >= 11 is 0. The molecule has 1 aliphatic rings. The van der Waals surface area contributed by atoms with Crippen LogP contribution in [-0.4, -0.2) is 21.4 Å². The van der Waals surface area contributed by atoms with Crippen LogP contribution in [-0.2, 0) is 11.2 Å². The van der Waals surface area contributed by atoms with Gasteiger partial charge in [0.15, 0.2) is 6.10 Å². The molecule has 1 N–H and O–H groups in total. The number of fused-ring (bicyclic) bond motifs is 2. The zero-order valence-electron chi connectivity index (χ0n) is 15.4. The zero-order valence-corrected chi connectivity index (χ0v) is 15.4. The molecule has 2 aromatic carbocycles. The minimum absolute atomic E-state index is 0.170. The quantitative estimate of drug-likeness (QED) is 0.587. The fourth-order valence-electron chi connectivity index (χ4n) is 3.59. The standard InChI is InChI=1S/C23H19N3O2/c1-15-11-12-20-24-21(16-7-3-2-4-8-16)22(26(20)14-15)25-23(27)19-13-17-9-5-6-10-18(17)28-19/h2-12,14,19H,13H2,1H3,(H,25,27)/t19-/m1/s1. The predicted molar refractivity (Wildman–Crippen MR) is 109 cm³/mol. The number of imidazole rings is 1. The molecule has 138 valence electrons. The Morgan fingerprint density at radius 1 is 1.07 bits per heavy atom. The molecule has 1 atom stereocenters. The van der Waals surface area contributed by atoms with Crippen LogP contribution in [0.2, 0.25) is 0 Å². The largest absolute Gasteiger partial charge is 0.480 e. The summed E-state index contributed by atoms with van der Waals surface area (Å²) in [5, 5.41) is 3.07. The number of ether oxygens (including phenoxy) is 1. The van der Waals surface area contributed by atoms with E-state index in [1.165, 1.54) is 0 Å². The van der Waals surface area contributed by atoms with Crippen molar-refractivity contribution in [2.24, 2.45) is 0 Å². The molecule has 5 heteroatoms. The van der Waals surface area contributed by atoms with Crippen LogP contribution in [0.15, 0.2) is 72.9 Å². The maximum atomic E-state index is 13.0. The molecule has 0 saturated carbocycles. The van der Waals surface area contributed by atoms with Crippen molar-refractivity contribution < 1.29 is 9.53 Å². The summed E-state index contributed by atoms with van der Waals surface area (Å²) in [6.07, 6.45) is 2.00. The van der Waals surface area contributed by atoms with Crippen LogP contribution in [0.5, 0.6) is 5.75 Å². The first-order valence-corrected chi connectivity index (χ1v) is 9.28. The number of benzene rings is 2. The molecule has 5 rings (SSSR count). The highest BCUT2D eigenvalue weighted by Crippen LogP contribution is 2.31. The number of anilines is 1. The Morgan fingerprint density at radius 3 is 2.68 bits per heavy atom. The molecule has 1 amide bonds. The van der Waals surface area contributed by atoms with Gasteiger partial charge in [-0.2, -0.15) is 0 Å². The van der Waals surface area contributed by atoms with Crippen molar-refractivity contribution in [2.75, 3.05) is 5.32 Å². The second kappa shape index (κ2) is 6.53. The third-order valence-corrected chi connectivity index (χ3v) is 4.99. The summed E-state index contributed by atoms with van der Waals surface area (Å²) in [4.78, 5) is 17.8. The molecule has 1 aliphatic heterocycles. The van der Waals surface area contributed by atoms with Crippen LogP contribution in [0, 0.1) is 6.92 Å². The first-order valence-electron chi connectivity index (χ1n) is 9.28. The molecule has 0 aliphatic carbocycles. The van der Waals surface area contributed by atoms with Crippen molar-refractivity contribution >= 4 is 17.4 Å². The van der Waals surface area contributed by atoms with Gasteiger partial charge in [-0.3, -0.25) is 9.20 Å². The third kappa shape index (κ3) is 2.81. The van der Waals surface area contributed by atoms with Crippen LogP contribution in [0.1, 0.15) is 11.1 Å². The van der Waals surface area contributed by atoms with Gasteiger partial charge in [0.25, 0.3) is 5.91 Å². The highest BCUT2D eigenvalue weighted by atomic mass is 16.5. The molecule has 0 unspecified atom stereocenters. The highest BCUT2D eigenvalue weighted by Gasteiger charge is 2.30. The van der Waals surface area contributed by atoms with Crippen LogP contribution in [0.25, 0.3) is 16.9 Å². The molecule has 0 radical (unpaired) electrons. The summed E-state index contributed by atoms with van der Waals surface area (Å²) in [6.45, 7) is 2.02. The number of hydrogen-bond donors (Lipinski definition) is 1. The van der Waals surface area contributed by atoms with Gasteiger partial charge in [0, 0.05) is 18.2 Å². The van der Waals surface area contributed by atoms with Crippen LogP contribution >= 0.6 is 0 Å². The van der Waals surface area contributed by atoms with E-state index in [2.05, 4.69) is 5.32 Å². The van der Waals surface area contributed by atoms with Crippen molar-refractivity contribution in [1.82, 2.24) is 9.38 Å². The molecular formula is C23H19N3O2. The van der Waals surface area contributed by atoms with Crippen LogP contribution in [0.3, 0.4) is 0 Å². The molecular weight excluding hydrogens is 350 g/mol. The maximum Gasteiger partial charge on any atom is 0.266 e. The molecule has 5 nitrogen and oxygen atoms in total. The topological polar surface area (TPSA) is 55.6 Å². The monoisotopic (exact) mass is 369 g/mol. The minimum atomic E-state index is -0.545. The Labute approximate surface area is 162 Å². The molecule has 0 bridgehead atoms. The average Bonchev–Trinajstić information content (AvgIpc) is 3.30. The number of para-hydroxylation sites is 1. The lowest BCUT2D eigenvalue weighted by atomic mass is 10.1. The number of aryl methyl sites for hydroxylation is 1. The van der Waals surface area contributed by atoms with Crippen molar-refractivity contribution in [3.8, 4) is 17.0 Å². The Hall–Kier alpha value is -3.60. The van der Waals surface area contributed by atoms with Crippen LogP contribution in [0.4, 0.5) is 5.82 Å². The highest BCUT2D eigenvalue weighted by molar-refractivity contribution is 5.98. The number of amides is 1. The smallest absolute Gasteiger partial charge is 0.266 e. The number of pyridine rings is 1. The van der Waals surface area contributed by atoms with Gasteiger partial charge >= 0.3 is 0 Å². The number of nitrogens with zero attached hydrogens (tertiary/aromatic N) is 2. The van der Waals surface area contributed by atoms with E-state index in [9.17, 15) is 4.79 Å². The van der Waals surface area contributed by atoms with Crippen molar-refractivity contribution in [1.29, 1.82) is 0 Å². The Morgan fingerprint density at radius 2 is 1.86 bits per heavy atom. The molecule has 28 heavy (non-hydrogen) atoms. The first-order chi connectivity index (χ1) is 13.7. The van der Waals surface area contributed by atoms with E-state index in [-0.39, 0.29) is 5.91 Å². The summed E-state index contributed by atoms with van der Waals surface area (Å²) in [5.74, 6) is 1.27. The van der Waals surface area contributed by atoms with Gasteiger partial charge < -0.3 is 10.1 Å². The Kier molecular flexibility index (Phi) is 3.86. The predicted octanol–water partition coefficient (Wildman–Crippen LogP) is 4.25. The molecule has 2 aromatic heterocycles. The number of carbonyl (C=O) groups is 1. The lowest BCUT2D eigenvalue weighted by Gasteiger charge is -2.13. The van der Waals surface area contributed by atoms with Gasteiger partial charge in [0.1, 0.15) is 22.9 Å². The van der Waals surface area contributed by atoms with Gasteiger partial charge in [-0.25, -0.2) is 4.98 Å². The Balaban J connectivity index is 1.53. The average molecular weight is 369 g/mol. The number of carbonyl (C=O) groups excluding carboxylic acids is 1. The molecule has 4 aromatic rings. The Bertz CT molecular complexity index is 1160. The van der Waals surface area contributed by atoms with Gasteiger partial charge in [-0.05, 0) is 30.2 Å². The maximum absolute atomic E-state index is 13.0. The van der Waals surface area contributed by atoms with Crippen molar-refractivity contribution in [3.05, 3.63) is 84.1 Å². The first kappa shape index (κ1) is 16.6. The SMILES string of the molecule is Cc1ccc2nc(-c3ccccc3)c(NC(=O)[C@H]3Cc4ccccc4O3)n2c1. The van der Waals surface area contributed by atoms with Crippen molar-refractivity contribution in [3.63, 3.8) is 0 Å². The number of aromatic nitrogens is 2. The lowest BCUT2D eigenvalue weighted by molar-refractivity contribution is -0.122. The minimum Gasteiger partial charge on any atom is -0.480 e. The second-order valence-corrected chi connectivity index (χ2v) is 7.02. The van der Waals surface area contributed by atoms with E-state index < -0.39 is 6.10 Å². The molecule has 3 heterocycles. The van der Waals surface area contributed by atoms with E-state index in [1.807, 2.05) is 84.3 Å². The fourth-order valence-corrected chi connectivity index (χ4v) is 3.59. The normalized spacial score (nSPS) is 15.2.